The Morgan fingerprint density at radius 2 is 2.29 bits per heavy atom. The van der Waals surface area contributed by atoms with Crippen molar-refractivity contribution in [1.29, 1.82) is 0 Å². The van der Waals surface area contributed by atoms with Gasteiger partial charge in [0.2, 0.25) is 0 Å². The summed E-state index contributed by atoms with van der Waals surface area (Å²) in [7, 11) is 0. The first-order valence-electron chi connectivity index (χ1n) is 4.29. The fraction of sp³-hybridized carbons (Fsp3) is 0.400. The minimum Gasteiger partial charge on any atom is -0.490 e. The molecule has 1 aromatic rings. The lowest BCUT2D eigenvalue weighted by atomic mass is 10.2. The molecule has 0 fully saturated rings. The van der Waals surface area contributed by atoms with Crippen LogP contribution in [0.4, 0.5) is 4.39 Å². The number of hydrogen-bond acceptors (Lipinski definition) is 2. The van der Waals surface area contributed by atoms with Crippen molar-refractivity contribution in [2.75, 3.05) is 6.61 Å². The molecule has 14 heavy (non-hydrogen) atoms. The van der Waals surface area contributed by atoms with Gasteiger partial charge >= 0.3 is 0 Å². The summed E-state index contributed by atoms with van der Waals surface area (Å²) < 4.78 is 17.6. The molecule has 2 nitrogen and oxygen atoms in total. The van der Waals surface area contributed by atoms with Crippen LogP contribution < -0.4 is 4.74 Å². The van der Waals surface area contributed by atoms with E-state index in [1.807, 2.05) is 0 Å². The predicted molar refractivity (Wildman–Crippen MR) is 53.4 cm³/mol. The molecule has 1 aromatic carbocycles. The molecule has 1 atom stereocenters. The molecule has 1 N–H and O–H groups in total. The molecule has 0 saturated heterocycles. The Kier molecular flexibility index (Phi) is 4.17. The highest BCUT2D eigenvalue weighted by Crippen LogP contribution is 2.23. The summed E-state index contributed by atoms with van der Waals surface area (Å²) in [5, 5.41) is 9.50. The minimum absolute atomic E-state index is 0.0192. The van der Waals surface area contributed by atoms with Crippen LogP contribution in [0, 0.1) is 0 Å². The maximum Gasteiger partial charge on any atom is 0.131 e. The van der Waals surface area contributed by atoms with Crippen molar-refractivity contribution in [3.63, 3.8) is 0 Å². The largest absolute Gasteiger partial charge is 0.490 e. The van der Waals surface area contributed by atoms with Gasteiger partial charge in [-0.25, -0.2) is 4.39 Å². The molecule has 1 rings (SSSR count). The van der Waals surface area contributed by atoms with E-state index in [1.165, 1.54) is 6.92 Å². The number of ether oxygens (including phenoxy) is 1. The molecule has 0 radical (unpaired) electrons. The van der Waals surface area contributed by atoms with Crippen LogP contribution >= 0.6 is 11.6 Å². The summed E-state index contributed by atoms with van der Waals surface area (Å²) in [6, 6.07) is 4.86. The molecule has 0 aliphatic heterocycles. The lowest BCUT2D eigenvalue weighted by Gasteiger charge is -2.10. The van der Waals surface area contributed by atoms with Crippen molar-refractivity contribution in [3.8, 4) is 5.75 Å². The van der Waals surface area contributed by atoms with E-state index >= 15 is 0 Å². The molecule has 0 aliphatic rings. The van der Waals surface area contributed by atoms with Crippen molar-refractivity contribution in [2.45, 2.75) is 19.7 Å². The fourth-order valence-corrected chi connectivity index (χ4v) is 1.21. The van der Waals surface area contributed by atoms with Gasteiger partial charge in [0.15, 0.2) is 0 Å². The summed E-state index contributed by atoms with van der Waals surface area (Å²) in [5.41, 5.74) is 0.568. The predicted octanol–water partition coefficient (Wildman–Crippen LogP) is 2.57. The molecule has 0 unspecified atom stereocenters. The van der Waals surface area contributed by atoms with Gasteiger partial charge in [-0.3, -0.25) is 0 Å². The summed E-state index contributed by atoms with van der Waals surface area (Å²) in [4.78, 5) is 0. The number of aliphatic hydroxyl groups excluding tert-OH is 1. The second-order valence-electron chi connectivity index (χ2n) is 3.00. The highest BCUT2D eigenvalue weighted by molar-refractivity contribution is 6.30. The quantitative estimate of drug-likeness (QED) is 0.842. The van der Waals surface area contributed by atoms with E-state index in [9.17, 15) is 4.39 Å². The molecule has 4 heteroatoms. The Balaban J connectivity index is 2.75. The lowest BCUT2D eigenvalue weighted by Crippen LogP contribution is -2.09. The summed E-state index contributed by atoms with van der Waals surface area (Å²) in [6.07, 6.45) is -1.03. The molecule has 0 heterocycles. The normalized spacial score (nSPS) is 12.6. The molecule has 0 aliphatic carbocycles. The Hall–Kier alpha value is -0.800. The van der Waals surface area contributed by atoms with Crippen molar-refractivity contribution >= 4 is 11.6 Å². The van der Waals surface area contributed by atoms with E-state index < -0.39 is 6.17 Å². The summed E-state index contributed by atoms with van der Waals surface area (Å²) in [6.45, 7) is 1.22. The van der Waals surface area contributed by atoms with E-state index in [2.05, 4.69) is 0 Å². The number of benzene rings is 1. The highest BCUT2D eigenvalue weighted by atomic mass is 35.5. The highest BCUT2D eigenvalue weighted by Gasteiger charge is 2.05. The fourth-order valence-electron chi connectivity index (χ4n) is 1.02. The van der Waals surface area contributed by atoms with Gasteiger partial charge in [0.25, 0.3) is 0 Å². The molecule has 0 saturated carbocycles. The number of hydrogen-bond donors (Lipinski definition) is 1. The number of halogens is 2. The standard InChI is InChI=1S/C10H12ClFO2/c1-7(12)6-14-10-3-2-9(11)4-8(10)5-13/h2-4,7,13H,5-6H2,1H3/t7-/m0/s1. The van der Waals surface area contributed by atoms with Gasteiger partial charge in [-0.2, -0.15) is 0 Å². The van der Waals surface area contributed by atoms with E-state index in [0.29, 0.717) is 16.3 Å². The van der Waals surface area contributed by atoms with Crippen LogP contribution in [0.2, 0.25) is 5.02 Å². The van der Waals surface area contributed by atoms with Crippen LogP contribution in [0.25, 0.3) is 0 Å². The third-order valence-electron chi connectivity index (χ3n) is 1.66. The Labute approximate surface area is 87.3 Å². The van der Waals surface area contributed by atoms with Gasteiger partial charge < -0.3 is 9.84 Å². The van der Waals surface area contributed by atoms with Crippen LogP contribution in [-0.2, 0) is 6.61 Å². The molecule has 0 amide bonds. The second kappa shape index (κ2) is 5.17. The minimum atomic E-state index is -1.03. The maximum absolute atomic E-state index is 12.5. The van der Waals surface area contributed by atoms with Gasteiger partial charge in [0.1, 0.15) is 18.5 Å². The van der Waals surface area contributed by atoms with Crippen molar-refractivity contribution in [1.82, 2.24) is 0 Å². The maximum atomic E-state index is 12.5. The third-order valence-corrected chi connectivity index (χ3v) is 1.90. The summed E-state index contributed by atoms with van der Waals surface area (Å²) >= 11 is 5.72. The van der Waals surface area contributed by atoms with Crippen LogP contribution in [-0.4, -0.2) is 17.9 Å². The Morgan fingerprint density at radius 3 is 2.86 bits per heavy atom. The van der Waals surface area contributed by atoms with E-state index in [0.717, 1.165) is 0 Å². The average molecular weight is 219 g/mol. The van der Waals surface area contributed by atoms with Crippen molar-refractivity contribution in [3.05, 3.63) is 28.8 Å². The zero-order valence-corrected chi connectivity index (χ0v) is 8.59. The first kappa shape index (κ1) is 11.3. The molecule has 78 valence electrons. The molecule has 0 aromatic heterocycles. The van der Waals surface area contributed by atoms with Crippen molar-refractivity contribution < 1.29 is 14.2 Å². The lowest BCUT2D eigenvalue weighted by molar-refractivity contribution is 0.202. The zero-order valence-electron chi connectivity index (χ0n) is 7.84. The topological polar surface area (TPSA) is 29.5 Å². The number of alkyl halides is 1. The zero-order chi connectivity index (χ0) is 10.6. The van der Waals surface area contributed by atoms with Gasteiger partial charge in [-0.05, 0) is 25.1 Å². The smallest absolute Gasteiger partial charge is 0.131 e. The van der Waals surface area contributed by atoms with E-state index in [1.54, 1.807) is 18.2 Å². The first-order chi connectivity index (χ1) is 6.63. The first-order valence-corrected chi connectivity index (χ1v) is 4.67. The third kappa shape index (κ3) is 3.16. The van der Waals surface area contributed by atoms with Crippen LogP contribution in [0.5, 0.6) is 5.75 Å². The van der Waals surface area contributed by atoms with Gasteiger partial charge in [-0.15, -0.1) is 0 Å². The number of aliphatic hydroxyl groups is 1. The second-order valence-corrected chi connectivity index (χ2v) is 3.44. The van der Waals surface area contributed by atoms with Crippen LogP contribution in [0.15, 0.2) is 18.2 Å². The van der Waals surface area contributed by atoms with Gasteiger partial charge in [0, 0.05) is 10.6 Å². The molecule has 0 bridgehead atoms. The molecular formula is C10H12ClFO2. The van der Waals surface area contributed by atoms with E-state index in [-0.39, 0.29) is 13.2 Å². The number of rotatable bonds is 4. The Bertz CT molecular complexity index is 302. The van der Waals surface area contributed by atoms with Crippen LogP contribution in [0.1, 0.15) is 12.5 Å². The molecule has 0 spiro atoms. The van der Waals surface area contributed by atoms with Crippen LogP contribution in [0.3, 0.4) is 0 Å². The molecular weight excluding hydrogens is 207 g/mol. The summed E-state index contributed by atoms with van der Waals surface area (Å²) in [5.74, 6) is 0.474. The monoisotopic (exact) mass is 218 g/mol. The van der Waals surface area contributed by atoms with Gasteiger partial charge in [0.05, 0.1) is 6.61 Å². The van der Waals surface area contributed by atoms with E-state index in [4.69, 9.17) is 21.4 Å². The average Bonchev–Trinajstić information content (AvgIpc) is 2.15. The van der Waals surface area contributed by atoms with Crippen molar-refractivity contribution in [2.24, 2.45) is 0 Å². The SMILES string of the molecule is C[C@H](F)COc1ccc(Cl)cc1CO. The Morgan fingerprint density at radius 1 is 1.57 bits per heavy atom. The van der Waals surface area contributed by atoms with Gasteiger partial charge in [-0.1, -0.05) is 11.6 Å².